The average Bonchev–Trinajstić information content (AvgIpc) is 3.40. The number of likely N-dealkylation sites (tertiary alicyclic amines) is 1. The molecule has 1 aromatic heterocycles. The molecule has 0 spiro atoms. The molecule has 9 heteroatoms. The lowest BCUT2D eigenvalue weighted by molar-refractivity contribution is -0.122. The van der Waals surface area contributed by atoms with E-state index < -0.39 is 5.97 Å². The van der Waals surface area contributed by atoms with E-state index >= 15 is 0 Å². The second-order valence-corrected chi connectivity index (χ2v) is 8.52. The Hall–Kier alpha value is -3.49. The number of H-pyrrole nitrogens is 1. The van der Waals surface area contributed by atoms with Crippen LogP contribution in [0, 0.1) is 19.8 Å². The number of amides is 2. The smallest absolute Gasteiger partial charge is 0.339 e. The largest absolute Gasteiger partial charge is 0.465 e. The highest BCUT2D eigenvalue weighted by Crippen LogP contribution is 2.32. The highest BCUT2D eigenvalue weighted by Gasteiger charge is 2.29. The first-order valence-corrected chi connectivity index (χ1v) is 11.1. The molecule has 1 fully saturated rings. The molecule has 2 amide bonds. The summed E-state index contributed by atoms with van der Waals surface area (Å²) >= 11 is 0. The van der Waals surface area contributed by atoms with E-state index in [4.69, 9.17) is 14.2 Å². The van der Waals surface area contributed by atoms with E-state index in [1.807, 2.05) is 18.2 Å². The molecule has 1 aromatic carbocycles. The lowest BCUT2D eigenvalue weighted by Gasteiger charge is -2.31. The summed E-state index contributed by atoms with van der Waals surface area (Å²) < 4.78 is 15.5. The Labute approximate surface area is 192 Å². The van der Waals surface area contributed by atoms with Crippen LogP contribution in [0.4, 0.5) is 0 Å². The zero-order valence-electron chi connectivity index (χ0n) is 19.2. The van der Waals surface area contributed by atoms with Crippen molar-refractivity contribution < 1.29 is 28.6 Å². The fourth-order valence-corrected chi connectivity index (χ4v) is 4.46. The fraction of sp³-hybridized carbons (Fsp3) is 0.458. The molecule has 2 aromatic rings. The number of piperidine rings is 1. The van der Waals surface area contributed by atoms with Gasteiger partial charge in [0, 0.05) is 31.7 Å². The topological polar surface area (TPSA) is 110 Å². The number of fused-ring (bicyclic) bond motifs is 1. The van der Waals surface area contributed by atoms with E-state index in [1.165, 1.54) is 7.11 Å². The van der Waals surface area contributed by atoms with Crippen molar-refractivity contribution in [1.82, 2.24) is 15.2 Å². The van der Waals surface area contributed by atoms with Crippen molar-refractivity contribution in [3.8, 4) is 11.5 Å². The van der Waals surface area contributed by atoms with Crippen LogP contribution in [0.1, 0.15) is 56.9 Å². The normalized spacial score (nSPS) is 15.4. The second-order valence-electron chi connectivity index (χ2n) is 8.52. The Morgan fingerprint density at radius 1 is 1.15 bits per heavy atom. The molecule has 9 nitrogen and oxygen atoms in total. The first kappa shape index (κ1) is 22.7. The lowest BCUT2D eigenvalue weighted by Crippen LogP contribution is -2.40. The summed E-state index contributed by atoms with van der Waals surface area (Å²) in [7, 11) is 1.33. The molecule has 3 heterocycles. The first-order chi connectivity index (χ1) is 15.9. The maximum Gasteiger partial charge on any atom is 0.339 e. The Bertz CT molecular complexity index is 1070. The Kier molecular flexibility index (Phi) is 6.57. The molecule has 0 radical (unpaired) electrons. The molecule has 0 atom stereocenters. The van der Waals surface area contributed by atoms with Crippen LogP contribution in [0.3, 0.4) is 0 Å². The molecule has 0 aliphatic carbocycles. The SMILES string of the molecule is COC(=O)c1c(C)[nH]c(C(=O)N2CCC(CC(=O)NCc3ccc4c(c3)OCO4)CC2)c1C. The zero-order chi connectivity index (χ0) is 23.5. The van der Waals surface area contributed by atoms with Gasteiger partial charge in [-0.25, -0.2) is 4.79 Å². The van der Waals surface area contributed by atoms with Gasteiger partial charge >= 0.3 is 5.97 Å². The molecule has 0 unspecified atom stereocenters. The molecule has 0 bridgehead atoms. The Morgan fingerprint density at radius 3 is 2.61 bits per heavy atom. The molecule has 2 N–H and O–H groups in total. The summed E-state index contributed by atoms with van der Waals surface area (Å²) in [4.78, 5) is 42.3. The molecule has 0 saturated carbocycles. The minimum Gasteiger partial charge on any atom is -0.465 e. The number of carbonyl (C=O) groups excluding carboxylic acids is 3. The van der Waals surface area contributed by atoms with E-state index in [-0.39, 0.29) is 24.5 Å². The van der Waals surface area contributed by atoms with E-state index in [1.54, 1.807) is 18.7 Å². The van der Waals surface area contributed by atoms with Crippen molar-refractivity contribution in [3.05, 3.63) is 46.3 Å². The summed E-state index contributed by atoms with van der Waals surface area (Å²) in [5.74, 6) is 1.06. The van der Waals surface area contributed by atoms with Gasteiger partial charge in [0.15, 0.2) is 11.5 Å². The molecule has 2 aliphatic rings. The molecular weight excluding hydrogens is 426 g/mol. The number of carbonyl (C=O) groups is 3. The maximum absolute atomic E-state index is 13.0. The third kappa shape index (κ3) is 4.81. The van der Waals surface area contributed by atoms with E-state index in [0.717, 1.165) is 24.2 Å². The standard InChI is InChI=1S/C24H29N3O6/c1-14-21(24(30)31-3)15(2)26-22(14)23(29)27-8-6-16(7-9-27)11-20(28)25-12-17-4-5-18-19(10-17)33-13-32-18/h4-5,10,16,26H,6-9,11-13H2,1-3H3,(H,25,28). The van der Waals surface area contributed by atoms with Crippen molar-refractivity contribution >= 4 is 17.8 Å². The van der Waals surface area contributed by atoms with Crippen molar-refractivity contribution in [2.75, 3.05) is 27.0 Å². The van der Waals surface area contributed by atoms with E-state index in [9.17, 15) is 14.4 Å². The van der Waals surface area contributed by atoms with Crippen molar-refractivity contribution in [2.24, 2.45) is 5.92 Å². The third-order valence-corrected chi connectivity index (χ3v) is 6.34. The number of benzene rings is 1. The number of nitrogens with zero attached hydrogens (tertiary/aromatic N) is 1. The minimum absolute atomic E-state index is 0.00370. The molecule has 176 valence electrons. The Balaban J connectivity index is 1.26. The van der Waals surface area contributed by atoms with Crippen LogP contribution >= 0.6 is 0 Å². The Morgan fingerprint density at radius 2 is 1.88 bits per heavy atom. The van der Waals surface area contributed by atoms with Crippen LogP contribution in [-0.4, -0.2) is 54.7 Å². The third-order valence-electron chi connectivity index (χ3n) is 6.34. The lowest BCUT2D eigenvalue weighted by atomic mass is 9.93. The number of aromatic amines is 1. The van der Waals surface area contributed by atoms with Gasteiger partial charge in [-0.3, -0.25) is 9.59 Å². The monoisotopic (exact) mass is 455 g/mol. The summed E-state index contributed by atoms with van der Waals surface area (Å²) in [6.07, 6.45) is 1.94. The zero-order valence-corrected chi connectivity index (χ0v) is 19.2. The highest BCUT2D eigenvalue weighted by molar-refractivity contribution is 6.00. The van der Waals surface area contributed by atoms with Gasteiger partial charge in [-0.1, -0.05) is 6.07 Å². The van der Waals surface area contributed by atoms with E-state index in [0.29, 0.717) is 54.3 Å². The van der Waals surface area contributed by atoms with Gasteiger partial charge in [-0.15, -0.1) is 0 Å². The molecule has 4 rings (SSSR count). The van der Waals surface area contributed by atoms with Gasteiger partial charge in [0.25, 0.3) is 5.91 Å². The summed E-state index contributed by atoms with van der Waals surface area (Å²) in [5.41, 5.74) is 3.02. The maximum atomic E-state index is 13.0. The van der Waals surface area contributed by atoms with Gasteiger partial charge in [-0.05, 0) is 55.9 Å². The number of hydrogen-bond donors (Lipinski definition) is 2. The number of methoxy groups -OCH3 is 1. The van der Waals surface area contributed by atoms with Crippen LogP contribution in [0.5, 0.6) is 11.5 Å². The molecular formula is C24H29N3O6. The van der Waals surface area contributed by atoms with Crippen LogP contribution in [0.2, 0.25) is 0 Å². The molecule has 1 saturated heterocycles. The van der Waals surface area contributed by atoms with Crippen LogP contribution in [0.25, 0.3) is 0 Å². The summed E-state index contributed by atoms with van der Waals surface area (Å²) in [6, 6.07) is 5.63. The van der Waals surface area contributed by atoms with Gasteiger partial charge in [0.1, 0.15) is 5.69 Å². The molecule has 33 heavy (non-hydrogen) atoms. The minimum atomic E-state index is -0.453. The number of aryl methyl sites for hydroxylation is 1. The van der Waals surface area contributed by atoms with Crippen molar-refractivity contribution in [2.45, 2.75) is 39.7 Å². The predicted octanol–water partition coefficient (Wildman–Crippen LogP) is 2.71. The number of rotatable bonds is 6. The number of nitrogens with one attached hydrogen (secondary N) is 2. The van der Waals surface area contributed by atoms with E-state index in [2.05, 4.69) is 10.3 Å². The van der Waals surface area contributed by atoms with Crippen LogP contribution in [0.15, 0.2) is 18.2 Å². The average molecular weight is 456 g/mol. The summed E-state index contributed by atoms with van der Waals surface area (Å²) in [5, 5.41) is 2.97. The summed E-state index contributed by atoms with van der Waals surface area (Å²) in [6.45, 7) is 5.31. The fourth-order valence-electron chi connectivity index (χ4n) is 4.46. The van der Waals surface area contributed by atoms with Gasteiger partial charge in [-0.2, -0.15) is 0 Å². The number of aromatic nitrogens is 1. The second kappa shape index (κ2) is 9.56. The number of hydrogen-bond acceptors (Lipinski definition) is 6. The van der Waals surface area contributed by atoms with Crippen molar-refractivity contribution in [3.63, 3.8) is 0 Å². The van der Waals surface area contributed by atoms with Gasteiger partial charge < -0.3 is 29.4 Å². The first-order valence-electron chi connectivity index (χ1n) is 11.1. The predicted molar refractivity (Wildman–Crippen MR) is 119 cm³/mol. The van der Waals surface area contributed by atoms with Crippen LogP contribution < -0.4 is 14.8 Å². The van der Waals surface area contributed by atoms with Gasteiger partial charge in [0.05, 0.1) is 12.7 Å². The highest BCUT2D eigenvalue weighted by atomic mass is 16.7. The van der Waals surface area contributed by atoms with Gasteiger partial charge in [0.2, 0.25) is 12.7 Å². The molecule has 2 aliphatic heterocycles. The van der Waals surface area contributed by atoms with Crippen LogP contribution in [-0.2, 0) is 16.1 Å². The quantitative estimate of drug-likeness (QED) is 0.648. The van der Waals surface area contributed by atoms with Crippen molar-refractivity contribution in [1.29, 1.82) is 0 Å². The number of ether oxygens (including phenoxy) is 3. The number of esters is 1.